The Kier molecular flexibility index (Phi) is 3.84. The minimum atomic E-state index is -1.15. The van der Waals surface area contributed by atoms with Crippen molar-refractivity contribution in [3.63, 3.8) is 0 Å². The monoisotopic (exact) mass is 227 g/mol. The number of nitrogens with two attached hydrogens (primary N) is 1. The van der Waals surface area contributed by atoms with Gasteiger partial charge in [-0.1, -0.05) is 0 Å². The van der Waals surface area contributed by atoms with Crippen LogP contribution in [-0.4, -0.2) is 24.2 Å². The molecule has 0 aromatic heterocycles. The topological polar surface area (TPSA) is 72.5 Å². The summed E-state index contributed by atoms with van der Waals surface area (Å²) in [6.45, 7) is 1.67. The van der Waals surface area contributed by atoms with Gasteiger partial charge in [-0.2, -0.15) is 0 Å². The predicted octanol–water partition coefficient (Wildman–Crippen LogP) is 1.10. The zero-order valence-electron chi connectivity index (χ0n) is 9.16. The van der Waals surface area contributed by atoms with Crippen LogP contribution in [0.5, 0.6) is 5.75 Å². The Bertz CT molecular complexity index is 406. The number of hydrogen-bond acceptors (Lipinski definition) is 3. The van der Waals surface area contributed by atoms with Gasteiger partial charge in [-0.05, 0) is 30.2 Å². The number of aliphatic carboxylic acids is 1. The zero-order chi connectivity index (χ0) is 12.3. The highest BCUT2D eigenvalue weighted by atomic mass is 19.1. The second kappa shape index (κ2) is 4.94. The fraction of sp³-hybridized carbons (Fsp3) is 0.364. The first-order chi connectivity index (χ1) is 7.47. The lowest BCUT2D eigenvalue weighted by atomic mass is 10.00. The average Bonchev–Trinajstić information content (AvgIpc) is 2.24. The van der Waals surface area contributed by atoms with Crippen molar-refractivity contribution in [3.05, 3.63) is 29.1 Å². The molecule has 1 aromatic rings. The molecule has 0 bridgehead atoms. The van der Waals surface area contributed by atoms with Gasteiger partial charge in [0.2, 0.25) is 0 Å². The molecular weight excluding hydrogens is 213 g/mol. The van der Waals surface area contributed by atoms with E-state index < -0.39 is 17.8 Å². The lowest BCUT2D eigenvalue weighted by Crippen LogP contribution is -2.32. The Hall–Kier alpha value is -1.62. The maximum Gasteiger partial charge on any atom is 0.320 e. The van der Waals surface area contributed by atoms with E-state index in [1.165, 1.54) is 19.2 Å². The van der Waals surface area contributed by atoms with Gasteiger partial charge in [-0.25, -0.2) is 4.39 Å². The summed E-state index contributed by atoms with van der Waals surface area (Å²) >= 11 is 0. The third-order valence-corrected chi connectivity index (χ3v) is 2.45. The van der Waals surface area contributed by atoms with E-state index in [9.17, 15) is 9.18 Å². The standard InChI is InChI=1S/C11H14FNO3/c1-6-7(5-9(13)11(14)15)8(12)3-4-10(6)16-2/h3-4,9H,5,13H2,1-2H3,(H,14,15). The van der Waals surface area contributed by atoms with Crippen molar-refractivity contribution in [1.82, 2.24) is 0 Å². The van der Waals surface area contributed by atoms with Gasteiger partial charge >= 0.3 is 5.97 Å². The molecule has 0 radical (unpaired) electrons. The summed E-state index contributed by atoms with van der Waals surface area (Å²) in [6.07, 6.45) is -0.0514. The summed E-state index contributed by atoms with van der Waals surface area (Å²) in [5.41, 5.74) is 6.24. The highest BCUT2D eigenvalue weighted by Crippen LogP contribution is 2.24. The minimum absolute atomic E-state index is 0.0514. The van der Waals surface area contributed by atoms with Gasteiger partial charge in [-0.15, -0.1) is 0 Å². The van der Waals surface area contributed by atoms with Gasteiger partial charge in [0, 0.05) is 6.42 Å². The molecule has 88 valence electrons. The molecule has 1 atom stereocenters. The summed E-state index contributed by atoms with van der Waals surface area (Å²) in [4.78, 5) is 10.6. The van der Waals surface area contributed by atoms with Gasteiger partial charge in [0.1, 0.15) is 17.6 Å². The summed E-state index contributed by atoms with van der Waals surface area (Å²) in [5.74, 6) is -1.09. The van der Waals surface area contributed by atoms with Crippen LogP contribution < -0.4 is 10.5 Å². The molecule has 3 N–H and O–H groups in total. The number of carboxylic acid groups (broad SMARTS) is 1. The van der Waals surface area contributed by atoms with Crippen molar-refractivity contribution in [2.24, 2.45) is 5.73 Å². The molecule has 0 aliphatic rings. The number of hydrogen-bond donors (Lipinski definition) is 2. The highest BCUT2D eigenvalue weighted by Gasteiger charge is 2.18. The van der Waals surface area contributed by atoms with Crippen LogP contribution in [0.15, 0.2) is 12.1 Å². The first-order valence-electron chi connectivity index (χ1n) is 4.77. The van der Waals surface area contributed by atoms with Crippen molar-refractivity contribution < 1.29 is 19.0 Å². The Morgan fingerprint density at radius 3 is 2.75 bits per heavy atom. The lowest BCUT2D eigenvalue weighted by molar-refractivity contribution is -0.138. The Balaban J connectivity index is 3.07. The second-order valence-electron chi connectivity index (χ2n) is 3.50. The van der Waals surface area contributed by atoms with Crippen molar-refractivity contribution in [1.29, 1.82) is 0 Å². The first-order valence-corrected chi connectivity index (χ1v) is 4.77. The van der Waals surface area contributed by atoms with Crippen molar-refractivity contribution >= 4 is 5.97 Å². The van der Waals surface area contributed by atoms with Gasteiger partial charge < -0.3 is 15.6 Å². The van der Waals surface area contributed by atoms with Crippen LogP contribution in [-0.2, 0) is 11.2 Å². The lowest BCUT2D eigenvalue weighted by Gasteiger charge is -2.13. The van der Waals surface area contributed by atoms with E-state index in [1.54, 1.807) is 6.92 Å². The third kappa shape index (κ3) is 2.49. The molecule has 4 nitrogen and oxygen atoms in total. The quantitative estimate of drug-likeness (QED) is 0.807. The summed E-state index contributed by atoms with van der Waals surface area (Å²) in [6, 6.07) is 1.64. The average molecular weight is 227 g/mol. The maximum atomic E-state index is 13.5. The highest BCUT2D eigenvalue weighted by molar-refractivity contribution is 5.73. The first kappa shape index (κ1) is 12.4. The van der Waals surface area contributed by atoms with E-state index in [2.05, 4.69) is 0 Å². The maximum absolute atomic E-state index is 13.5. The third-order valence-electron chi connectivity index (χ3n) is 2.45. The fourth-order valence-electron chi connectivity index (χ4n) is 1.48. The molecule has 16 heavy (non-hydrogen) atoms. The van der Waals surface area contributed by atoms with Crippen molar-refractivity contribution in [2.45, 2.75) is 19.4 Å². The molecule has 0 fully saturated rings. The van der Waals surface area contributed by atoms with Crippen molar-refractivity contribution in [2.75, 3.05) is 7.11 Å². The van der Waals surface area contributed by atoms with E-state index in [1.807, 2.05) is 0 Å². The van der Waals surface area contributed by atoms with E-state index in [0.29, 0.717) is 11.3 Å². The summed E-state index contributed by atoms with van der Waals surface area (Å²) in [5, 5.41) is 8.67. The fourth-order valence-corrected chi connectivity index (χ4v) is 1.48. The number of benzene rings is 1. The van der Waals surface area contributed by atoms with Crippen LogP contribution in [0, 0.1) is 12.7 Å². The predicted molar refractivity (Wildman–Crippen MR) is 57.0 cm³/mol. The van der Waals surface area contributed by atoms with E-state index in [-0.39, 0.29) is 12.0 Å². The molecule has 0 saturated heterocycles. The van der Waals surface area contributed by atoms with Crippen LogP contribution in [0.3, 0.4) is 0 Å². The van der Waals surface area contributed by atoms with Crippen molar-refractivity contribution in [3.8, 4) is 5.75 Å². The SMILES string of the molecule is COc1ccc(F)c(CC(N)C(=O)O)c1C. The number of methoxy groups -OCH3 is 1. The molecule has 0 saturated carbocycles. The smallest absolute Gasteiger partial charge is 0.320 e. The zero-order valence-corrected chi connectivity index (χ0v) is 9.16. The molecule has 0 spiro atoms. The summed E-state index contributed by atoms with van der Waals surface area (Å²) in [7, 11) is 1.47. The number of carbonyl (C=O) groups is 1. The normalized spacial score (nSPS) is 12.2. The molecule has 0 aliphatic heterocycles. The minimum Gasteiger partial charge on any atom is -0.496 e. The molecule has 5 heteroatoms. The Morgan fingerprint density at radius 2 is 2.25 bits per heavy atom. The van der Waals surface area contributed by atoms with Gasteiger partial charge in [0.05, 0.1) is 7.11 Å². The Labute approximate surface area is 92.8 Å². The van der Waals surface area contributed by atoms with E-state index >= 15 is 0 Å². The van der Waals surface area contributed by atoms with Gasteiger partial charge in [0.15, 0.2) is 0 Å². The number of ether oxygens (including phenoxy) is 1. The molecule has 1 rings (SSSR count). The van der Waals surface area contributed by atoms with Gasteiger partial charge in [-0.3, -0.25) is 4.79 Å². The van der Waals surface area contributed by atoms with Crippen LogP contribution >= 0.6 is 0 Å². The molecule has 1 aromatic carbocycles. The van der Waals surface area contributed by atoms with Crippen LogP contribution in [0.4, 0.5) is 4.39 Å². The summed E-state index contributed by atoms with van der Waals surface area (Å²) < 4.78 is 18.5. The van der Waals surface area contributed by atoms with E-state index in [0.717, 1.165) is 0 Å². The molecule has 0 aliphatic carbocycles. The number of halogens is 1. The van der Waals surface area contributed by atoms with Crippen LogP contribution in [0.25, 0.3) is 0 Å². The van der Waals surface area contributed by atoms with E-state index in [4.69, 9.17) is 15.6 Å². The molecule has 0 amide bonds. The van der Waals surface area contributed by atoms with Crippen LogP contribution in [0.2, 0.25) is 0 Å². The number of rotatable bonds is 4. The number of carboxylic acids is 1. The van der Waals surface area contributed by atoms with Gasteiger partial charge in [0.25, 0.3) is 0 Å². The molecular formula is C11H14FNO3. The Morgan fingerprint density at radius 1 is 1.62 bits per heavy atom. The molecule has 0 heterocycles. The largest absolute Gasteiger partial charge is 0.496 e. The molecule has 1 unspecified atom stereocenters. The van der Waals surface area contributed by atoms with Crippen LogP contribution in [0.1, 0.15) is 11.1 Å². The second-order valence-corrected chi connectivity index (χ2v) is 3.50.